The van der Waals surface area contributed by atoms with Crippen molar-refractivity contribution in [3.63, 3.8) is 0 Å². The van der Waals surface area contributed by atoms with Gasteiger partial charge in [0.2, 0.25) is 0 Å². The third-order valence-electron chi connectivity index (χ3n) is 4.67. The van der Waals surface area contributed by atoms with E-state index in [1.54, 1.807) is 0 Å². The van der Waals surface area contributed by atoms with Gasteiger partial charge >= 0.3 is 0 Å². The first kappa shape index (κ1) is 15.6. The summed E-state index contributed by atoms with van der Waals surface area (Å²) in [7, 11) is 0. The molecule has 1 fully saturated rings. The van der Waals surface area contributed by atoms with Gasteiger partial charge in [0.15, 0.2) is 0 Å². The Balaban J connectivity index is 2.26. The fraction of sp³-hybridized carbons (Fsp3) is 0.778. The average molecular weight is 277 g/mol. The van der Waals surface area contributed by atoms with E-state index >= 15 is 0 Å². The number of hydrogen-bond acceptors (Lipinski definition) is 2. The van der Waals surface area contributed by atoms with E-state index in [9.17, 15) is 0 Å². The molecule has 1 atom stereocenters. The van der Waals surface area contributed by atoms with Crippen molar-refractivity contribution >= 4 is 0 Å². The fourth-order valence-electron chi connectivity index (χ4n) is 4.02. The third kappa shape index (κ3) is 3.46. The lowest BCUT2D eigenvalue weighted by molar-refractivity contribution is 0.137. The van der Waals surface area contributed by atoms with Gasteiger partial charge < -0.3 is 9.73 Å². The molecule has 1 saturated carbocycles. The summed E-state index contributed by atoms with van der Waals surface area (Å²) in [5.74, 6) is 2.93. The van der Waals surface area contributed by atoms with Crippen LogP contribution >= 0.6 is 0 Å². The van der Waals surface area contributed by atoms with Crippen LogP contribution in [0, 0.1) is 18.3 Å². The van der Waals surface area contributed by atoms with Gasteiger partial charge in [-0.2, -0.15) is 0 Å². The second-order valence-corrected chi connectivity index (χ2v) is 7.00. The van der Waals surface area contributed by atoms with E-state index in [4.69, 9.17) is 4.42 Å². The summed E-state index contributed by atoms with van der Waals surface area (Å²) in [5, 5.41) is 3.79. The Labute approximate surface area is 124 Å². The predicted octanol–water partition coefficient (Wildman–Crippen LogP) is 5.24. The molecule has 2 rings (SSSR count). The Kier molecular flexibility index (Phi) is 5.31. The van der Waals surface area contributed by atoms with Gasteiger partial charge in [0.1, 0.15) is 11.5 Å². The summed E-state index contributed by atoms with van der Waals surface area (Å²) < 4.78 is 6.00. The number of aryl methyl sites for hydroxylation is 1. The molecule has 0 spiro atoms. The Bertz CT molecular complexity index is 401. The molecule has 1 aromatic heterocycles. The minimum absolute atomic E-state index is 0.390. The van der Waals surface area contributed by atoms with E-state index in [1.807, 2.05) is 6.92 Å². The summed E-state index contributed by atoms with van der Waals surface area (Å²) in [6.07, 6.45) is 7.90. The molecule has 0 amide bonds. The van der Waals surface area contributed by atoms with Crippen LogP contribution < -0.4 is 5.32 Å². The average Bonchev–Trinajstić information content (AvgIpc) is 3.00. The molecule has 1 N–H and O–H groups in total. The van der Waals surface area contributed by atoms with Crippen LogP contribution in [-0.4, -0.2) is 6.54 Å². The van der Waals surface area contributed by atoms with Gasteiger partial charge in [0.25, 0.3) is 0 Å². The first-order valence-corrected chi connectivity index (χ1v) is 8.37. The molecule has 2 heteroatoms. The molecule has 0 aromatic carbocycles. The second-order valence-electron chi connectivity index (χ2n) is 7.00. The molecule has 1 aliphatic carbocycles. The van der Waals surface area contributed by atoms with Crippen molar-refractivity contribution in [2.24, 2.45) is 11.3 Å². The topological polar surface area (TPSA) is 25.2 Å². The Hall–Kier alpha value is -0.760. The van der Waals surface area contributed by atoms with Gasteiger partial charge in [-0.3, -0.25) is 0 Å². The number of hydrogen-bond donors (Lipinski definition) is 1. The zero-order valence-electron chi connectivity index (χ0n) is 13.7. The maximum atomic E-state index is 6.00. The van der Waals surface area contributed by atoms with E-state index in [-0.39, 0.29) is 0 Å². The van der Waals surface area contributed by atoms with E-state index in [2.05, 4.69) is 38.2 Å². The van der Waals surface area contributed by atoms with E-state index < -0.39 is 0 Å². The van der Waals surface area contributed by atoms with Gasteiger partial charge in [0.05, 0.1) is 6.04 Å². The molecule has 0 saturated heterocycles. The van der Waals surface area contributed by atoms with Crippen molar-refractivity contribution in [1.82, 2.24) is 5.32 Å². The van der Waals surface area contributed by atoms with Crippen LogP contribution in [0.3, 0.4) is 0 Å². The standard InChI is InChI=1S/C18H31NO/c1-5-12-19-17(16-9-8-15(4)20-16)18(13-14(2)3)10-6-7-11-18/h8-9,14,17,19H,5-7,10-13H2,1-4H3. The van der Waals surface area contributed by atoms with Crippen molar-refractivity contribution in [3.05, 3.63) is 23.7 Å². The predicted molar refractivity (Wildman–Crippen MR) is 84.8 cm³/mol. The first-order chi connectivity index (χ1) is 9.57. The summed E-state index contributed by atoms with van der Waals surface area (Å²) >= 11 is 0. The maximum absolute atomic E-state index is 6.00. The molecule has 114 valence electrons. The summed E-state index contributed by atoms with van der Waals surface area (Å²) in [4.78, 5) is 0. The molecule has 1 aromatic rings. The highest BCUT2D eigenvalue weighted by molar-refractivity contribution is 5.14. The first-order valence-electron chi connectivity index (χ1n) is 8.37. The molecule has 0 aliphatic heterocycles. The van der Waals surface area contributed by atoms with Crippen LogP contribution in [-0.2, 0) is 0 Å². The van der Waals surface area contributed by atoms with Crippen LogP contribution in [0.4, 0.5) is 0 Å². The normalized spacial score (nSPS) is 19.6. The molecule has 2 nitrogen and oxygen atoms in total. The van der Waals surface area contributed by atoms with Crippen LogP contribution in [0.1, 0.15) is 76.9 Å². The van der Waals surface area contributed by atoms with E-state index in [1.165, 1.54) is 38.5 Å². The van der Waals surface area contributed by atoms with Crippen LogP contribution in [0.15, 0.2) is 16.5 Å². The Morgan fingerprint density at radius 3 is 2.45 bits per heavy atom. The van der Waals surface area contributed by atoms with Crippen molar-refractivity contribution in [1.29, 1.82) is 0 Å². The zero-order valence-corrected chi connectivity index (χ0v) is 13.7. The monoisotopic (exact) mass is 277 g/mol. The highest BCUT2D eigenvalue weighted by Crippen LogP contribution is 2.51. The van der Waals surface area contributed by atoms with Crippen molar-refractivity contribution in [2.75, 3.05) is 6.54 Å². The van der Waals surface area contributed by atoms with Gasteiger partial charge in [0, 0.05) is 0 Å². The van der Waals surface area contributed by atoms with E-state index in [0.717, 1.165) is 24.0 Å². The highest BCUT2D eigenvalue weighted by Gasteiger charge is 2.43. The maximum Gasteiger partial charge on any atom is 0.121 e. The quantitative estimate of drug-likeness (QED) is 0.737. The lowest BCUT2D eigenvalue weighted by atomic mass is 9.71. The highest BCUT2D eigenvalue weighted by atomic mass is 16.3. The van der Waals surface area contributed by atoms with Crippen molar-refractivity contribution in [3.8, 4) is 0 Å². The van der Waals surface area contributed by atoms with Crippen LogP contribution in [0.2, 0.25) is 0 Å². The molecule has 1 heterocycles. The molecular weight excluding hydrogens is 246 g/mol. The van der Waals surface area contributed by atoms with Gasteiger partial charge in [-0.1, -0.05) is 33.6 Å². The SMILES string of the molecule is CCCNC(c1ccc(C)o1)C1(CC(C)C)CCCC1. The lowest BCUT2D eigenvalue weighted by Crippen LogP contribution is -2.37. The molecule has 1 unspecified atom stereocenters. The Morgan fingerprint density at radius 2 is 1.95 bits per heavy atom. The van der Waals surface area contributed by atoms with Crippen LogP contribution in [0.25, 0.3) is 0 Å². The molecule has 0 bridgehead atoms. The van der Waals surface area contributed by atoms with Gasteiger partial charge in [-0.25, -0.2) is 0 Å². The minimum Gasteiger partial charge on any atom is -0.465 e. The molecule has 1 aliphatic rings. The van der Waals surface area contributed by atoms with E-state index in [0.29, 0.717) is 11.5 Å². The summed E-state index contributed by atoms with van der Waals surface area (Å²) in [6, 6.07) is 4.68. The minimum atomic E-state index is 0.390. The smallest absolute Gasteiger partial charge is 0.121 e. The largest absolute Gasteiger partial charge is 0.465 e. The van der Waals surface area contributed by atoms with Crippen molar-refractivity contribution < 1.29 is 4.42 Å². The Morgan fingerprint density at radius 1 is 1.25 bits per heavy atom. The summed E-state index contributed by atoms with van der Waals surface area (Å²) in [5.41, 5.74) is 0.396. The third-order valence-corrected chi connectivity index (χ3v) is 4.67. The summed E-state index contributed by atoms with van der Waals surface area (Å²) in [6.45, 7) is 10.1. The fourth-order valence-corrected chi connectivity index (χ4v) is 4.02. The van der Waals surface area contributed by atoms with Crippen molar-refractivity contribution in [2.45, 2.75) is 72.3 Å². The van der Waals surface area contributed by atoms with Gasteiger partial charge in [-0.05, 0) is 62.6 Å². The lowest BCUT2D eigenvalue weighted by Gasteiger charge is -2.38. The molecule has 0 radical (unpaired) electrons. The second kappa shape index (κ2) is 6.80. The van der Waals surface area contributed by atoms with Crippen LogP contribution in [0.5, 0.6) is 0 Å². The number of rotatable bonds is 7. The molecule has 20 heavy (non-hydrogen) atoms. The zero-order chi connectivity index (χ0) is 14.6. The number of furan rings is 1. The number of nitrogens with one attached hydrogen (secondary N) is 1. The molecular formula is C18H31NO. The van der Waals surface area contributed by atoms with Gasteiger partial charge in [-0.15, -0.1) is 0 Å².